The van der Waals surface area contributed by atoms with Gasteiger partial charge in [-0.2, -0.15) is 0 Å². The van der Waals surface area contributed by atoms with Gasteiger partial charge in [-0.05, 0) is 36.5 Å². The first-order valence-electron chi connectivity index (χ1n) is 6.09. The molecule has 0 aromatic heterocycles. The number of rotatable bonds is 2. The lowest BCUT2D eigenvalue weighted by Gasteiger charge is -2.35. The molecular weight excluding hydrogens is 233 g/mol. The second-order valence-electron chi connectivity index (χ2n) is 4.94. The van der Waals surface area contributed by atoms with E-state index in [9.17, 15) is 9.18 Å². The molecule has 98 valence electrons. The van der Waals surface area contributed by atoms with Crippen molar-refractivity contribution >= 4 is 6.03 Å². The summed E-state index contributed by atoms with van der Waals surface area (Å²) >= 11 is 0. The first-order chi connectivity index (χ1) is 8.54. The SMILES string of the molecule is NC(=O)N1CC(N)CC(Cc2ccc(F)cc2)C1. The third-order valence-electron chi connectivity index (χ3n) is 3.32. The van der Waals surface area contributed by atoms with Gasteiger partial charge in [0.05, 0.1) is 0 Å². The van der Waals surface area contributed by atoms with Gasteiger partial charge in [0.1, 0.15) is 5.82 Å². The Kier molecular flexibility index (Phi) is 3.81. The maximum Gasteiger partial charge on any atom is 0.314 e. The monoisotopic (exact) mass is 251 g/mol. The highest BCUT2D eigenvalue weighted by Gasteiger charge is 2.26. The van der Waals surface area contributed by atoms with Crippen LogP contribution in [0.1, 0.15) is 12.0 Å². The Labute approximate surface area is 106 Å². The number of hydrogen-bond acceptors (Lipinski definition) is 2. The molecule has 0 saturated carbocycles. The molecule has 2 atom stereocenters. The van der Waals surface area contributed by atoms with Crippen molar-refractivity contribution in [2.24, 2.45) is 17.4 Å². The van der Waals surface area contributed by atoms with Crippen molar-refractivity contribution < 1.29 is 9.18 Å². The molecule has 2 rings (SSSR count). The largest absolute Gasteiger partial charge is 0.351 e. The van der Waals surface area contributed by atoms with Crippen molar-refractivity contribution in [1.82, 2.24) is 4.90 Å². The lowest BCUT2D eigenvalue weighted by molar-refractivity contribution is 0.163. The van der Waals surface area contributed by atoms with Gasteiger partial charge in [0.15, 0.2) is 0 Å². The van der Waals surface area contributed by atoms with Crippen LogP contribution in [0.25, 0.3) is 0 Å². The van der Waals surface area contributed by atoms with E-state index < -0.39 is 6.03 Å². The van der Waals surface area contributed by atoms with Crippen molar-refractivity contribution in [1.29, 1.82) is 0 Å². The van der Waals surface area contributed by atoms with Gasteiger partial charge in [-0.3, -0.25) is 0 Å². The summed E-state index contributed by atoms with van der Waals surface area (Å²) in [7, 11) is 0. The molecular formula is C13H18FN3O. The van der Waals surface area contributed by atoms with Crippen molar-refractivity contribution in [3.63, 3.8) is 0 Å². The molecule has 4 N–H and O–H groups in total. The molecule has 1 aliphatic rings. The second kappa shape index (κ2) is 5.35. The van der Waals surface area contributed by atoms with Gasteiger partial charge in [-0.15, -0.1) is 0 Å². The normalized spacial score (nSPS) is 24.0. The zero-order valence-electron chi connectivity index (χ0n) is 10.2. The predicted octanol–water partition coefficient (Wildman–Crippen LogP) is 1.10. The zero-order chi connectivity index (χ0) is 13.1. The summed E-state index contributed by atoms with van der Waals surface area (Å²) in [5.41, 5.74) is 12.3. The van der Waals surface area contributed by atoms with E-state index in [1.165, 1.54) is 12.1 Å². The summed E-state index contributed by atoms with van der Waals surface area (Å²) in [6, 6.07) is 5.98. The fourth-order valence-corrected chi connectivity index (χ4v) is 2.53. The Morgan fingerprint density at radius 1 is 1.33 bits per heavy atom. The molecule has 1 fully saturated rings. The number of piperidine rings is 1. The van der Waals surface area contributed by atoms with Crippen molar-refractivity contribution in [2.75, 3.05) is 13.1 Å². The Morgan fingerprint density at radius 2 is 2.00 bits per heavy atom. The zero-order valence-corrected chi connectivity index (χ0v) is 10.2. The van der Waals surface area contributed by atoms with E-state index in [4.69, 9.17) is 11.5 Å². The molecule has 4 nitrogen and oxygen atoms in total. The van der Waals surface area contributed by atoms with E-state index in [-0.39, 0.29) is 17.8 Å². The van der Waals surface area contributed by atoms with E-state index in [1.807, 2.05) is 0 Å². The number of primary amides is 1. The molecule has 1 aromatic carbocycles. The Balaban J connectivity index is 2.00. The summed E-state index contributed by atoms with van der Waals surface area (Å²) in [5.74, 6) is 0.0459. The number of amides is 2. The first kappa shape index (κ1) is 12.8. The van der Waals surface area contributed by atoms with Gasteiger partial charge in [-0.1, -0.05) is 12.1 Å². The summed E-state index contributed by atoms with van der Waals surface area (Å²) in [6.45, 7) is 1.15. The highest BCUT2D eigenvalue weighted by atomic mass is 19.1. The molecule has 1 heterocycles. The topological polar surface area (TPSA) is 72.4 Å². The minimum atomic E-state index is -0.422. The summed E-state index contributed by atoms with van der Waals surface area (Å²) < 4.78 is 12.8. The van der Waals surface area contributed by atoms with Gasteiger partial charge < -0.3 is 16.4 Å². The smallest absolute Gasteiger partial charge is 0.314 e. The number of urea groups is 1. The van der Waals surface area contributed by atoms with E-state index in [0.717, 1.165) is 18.4 Å². The number of likely N-dealkylation sites (tertiary alicyclic amines) is 1. The predicted molar refractivity (Wildman–Crippen MR) is 67.3 cm³/mol. The highest BCUT2D eigenvalue weighted by Crippen LogP contribution is 2.20. The molecule has 0 bridgehead atoms. The van der Waals surface area contributed by atoms with E-state index in [1.54, 1.807) is 17.0 Å². The van der Waals surface area contributed by atoms with E-state index in [2.05, 4.69) is 0 Å². The quantitative estimate of drug-likeness (QED) is 0.826. The van der Waals surface area contributed by atoms with Gasteiger partial charge in [-0.25, -0.2) is 9.18 Å². The van der Waals surface area contributed by atoms with Gasteiger partial charge in [0.2, 0.25) is 0 Å². The molecule has 18 heavy (non-hydrogen) atoms. The summed E-state index contributed by atoms with van der Waals surface area (Å²) in [5, 5.41) is 0. The fraction of sp³-hybridized carbons (Fsp3) is 0.462. The van der Waals surface area contributed by atoms with Gasteiger partial charge in [0.25, 0.3) is 0 Å². The molecule has 2 unspecified atom stereocenters. The van der Waals surface area contributed by atoms with E-state index >= 15 is 0 Å². The highest BCUT2D eigenvalue weighted by molar-refractivity contribution is 5.72. The van der Waals surface area contributed by atoms with Crippen LogP contribution in [0, 0.1) is 11.7 Å². The third-order valence-corrected chi connectivity index (χ3v) is 3.32. The van der Waals surface area contributed by atoms with Crippen LogP contribution in [-0.4, -0.2) is 30.1 Å². The average molecular weight is 251 g/mol. The van der Waals surface area contributed by atoms with Crippen LogP contribution < -0.4 is 11.5 Å². The average Bonchev–Trinajstić information content (AvgIpc) is 2.31. The van der Waals surface area contributed by atoms with Crippen LogP contribution in [0.5, 0.6) is 0 Å². The Bertz CT molecular complexity index is 421. The van der Waals surface area contributed by atoms with Crippen LogP contribution in [0.4, 0.5) is 9.18 Å². The number of carbonyl (C=O) groups is 1. The number of hydrogen-bond donors (Lipinski definition) is 2. The minimum absolute atomic E-state index is 0.0308. The minimum Gasteiger partial charge on any atom is -0.351 e. The molecule has 1 saturated heterocycles. The van der Waals surface area contributed by atoms with Crippen LogP contribution in [-0.2, 0) is 6.42 Å². The summed E-state index contributed by atoms with van der Waals surface area (Å²) in [4.78, 5) is 12.8. The van der Waals surface area contributed by atoms with Crippen molar-refractivity contribution in [3.8, 4) is 0 Å². The van der Waals surface area contributed by atoms with Crippen LogP contribution in [0.15, 0.2) is 24.3 Å². The Morgan fingerprint density at radius 3 is 2.61 bits per heavy atom. The maximum absolute atomic E-state index is 12.8. The number of nitrogens with zero attached hydrogens (tertiary/aromatic N) is 1. The van der Waals surface area contributed by atoms with Crippen molar-refractivity contribution in [2.45, 2.75) is 18.9 Å². The molecule has 0 radical (unpaired) electrons. The van der Waals surface area contributed by atoms with E-state index in [0.29, 0.717) is 13.1 Å². The molecule has 0 aliphatic carbocycles. The third kappa shape index (κ3) is 3.20. The number of nitrogens with two attached hydrogens (primary N) is 2. The molecule has 1 aromatic rings. The van der Waals surface area contributed by atoms with Crippen LogP contribution in [0.3, 0.4) is 0 Å². The van der Waals surface area contributed by atoms with Crippen LogP contribution >= 0.6 is 0 Å². The lowest BCUT2D eigenvalue weighted by Crippen LogP contribution is -2.51. The van der Waals surface area contributed by atoms with Crippen LogP contribution in [0.2, 0.25) is 0 Å². The molecule has 1 aliphatic heterocycles. The maximum atomic E-state index is 12.8. The number of carbonyl (C=O) groups excluding carboxylic acids is 1. The molecule has 5 heteroatoms. The first-order valence-corrected chi connectivity index (χ1v) is 6.09. The number of benzene rings is 1. The Hall–Kier alpha value is -1.62. The fourth-order valence-electron chi connectivity index (χ4n) is 2.53. The standard InChI is InChI=1S/C13H18FN3O/c14-11-3-1-9(2-4-11)5-10-6-12(15)8-17(7-10)13(16)18/h1-4,10,12H,5-8,15H2,(H2,16,18). The molecule has 0 spiro atoms. The van der Waals surface area contributed by atoms with Gasteiger partial charge in [0, 0.05) is 19.1 Å². The van der Waals surface area contributed by atoms with Gasteiger partial charge >= 0.3 is 6.03 Å². The summed E-state index contributed by atoms with van der Waals surface area (Å²) in [6.07, 6.45) is 1.65. The lowest BCUT2D eigenvalue weighted by atomic mass is 9.89. The number of halogens is 1. The molecule has 2 amide bonds. The second-order valence-corrected chi connectivity index (χ2v) is 4.94. The van der Waals surface area contributed by atoms with Crippen molar-refractivity contribution in [3.05, 3.63) is 35.6 Å².